The minimum atomic E-state index is -0.0996. The first kappa shape index (κ1) is 21.5. The zero-order chi connectivity index (χ0) is 22.3. The van der Waals surface area contributed by atoms with Gasteiger partial charge in [-0.25, -0.2) is 0 Å². The van der Waals surface area contributed by atoms with Crippen LogP contribution in [0.15, 0.2) is 59.5 Å². The molecule has 8 heteroatoms. The molecule has 0 spiro atoms. The third-order valence-electron chi connectivity index (χ3n) is 4.57. The normalized spacial score (nSPS) is 11.8. The molecule has 0 aliphatic rings. The SMILES string of the molecule is C=C(O)c1cc(Cl)ccc1-c1ccc(/C=c2\sc(=N)n(-c3ccc(Cl)cc3Cl)c2=C)o1. The molecule has 0 fully saturated rings. The van der Waals surface area contributed by atoms with Gasteiger partial charge in [-0.1, -0.05) is 59.3 Å². The minimum Gasteiger partial charge on any atom is -0.508 e. The van der Waals surface area contributed by atoms with E-state index >= 15 is 0 Å². The Labute approximate surface area is 196 Å². The van der Waals surface area contributed by atoms with E-state index in [1.54, 1.807) is 59.2 Å². The lowest BCUT2D eigenvalue weighted by Crippen LogP contribution is -2.29. The fourth-order valence-corrected chi connectivity index (χ4v) is 4.70. The number of hydrogen-bond donors (Lipinski definition) is 2. The van der Waals surface area contributed by atoms with E-state index in [2.05, 4.69) is 13.2 Å². The number of hydrogen-bond acceptors (Lipinski definition) is 4. The van der Waals surface area contributed by atoms with E-state index in [1.165, 1.54) is 11.3 Å². The second-order valence-corrected chi connectivity index (χ2v) is 8.94. The molecule has 4 aromatic rings. The van der Waals surface area contributed by atoms with Crippen molar-refractivity contribution in [2.75, 3.05) is 0 Å². The largest absolute Gasteiger partial charge is 0.508 e. The Morgan fingerprint density at radius 3 is 2.48 bits per heavy atom. The molecule has 4 nitrogen and oxygen atoms in total. The molecule has 2 N–H and O–H groups in total. The van der Waals surface area contributed by atoms with E-state index in [0.717, 1.165) is 4.53 Å². The van der Waals surface area contributed by atoms with E-state index in [-0.39, 0.29) is 10.6 Å². The molecular formula is C23H15Cl3N2O2S. The summed E-state index contributed by atoms with van der Waals surface area (Å²) in [4.78, 5) is 0.267. The van der Waals surface area contributed by atoms with Crippen molar-refractivity contribution >= 4 is 64.6 Å². The molecule has 0 atom stereocenters. The number of nitrogens with zero attached hydrogens (tertiary/aromatic N) is 1. The third kappa shape index (κ3) is 4.23. The fraction of sp³-hybridized carbons (Fsp3) is 0. The molecule has 0 unspecified atom stereocenters. The quantitative estimate of drug-likeness (QED) is 0.345. The Hall–Kier alpha value is -2.70. The molecule has 2 heterocycles. The molecule has 0 aliphatic heterocycles. The minimum absolute atomic E-state index is 0.0996. The number of aromatic nitrogens is 1. The molecule has 156 valence electrons. The number of thiazole rings is 1. The zero-order valence-corrected chi connectivity index (χ0v) is 19.0. The van der Waals surface area contributed by atoms with E-state index in [4.69, 9.17) is 44.6 Å². The van der Waals surface area contributed by atoms with Crippen LogP contribution in [0.5, 0.6) is 0 Å². The first-order valence-electron chi connectivity index (χ1n) is 8.95. The lowest BCUT2D eigenvalue weighted by atomic mass is 10.0. The van der Waals surface area contributed by atoms with Crippen molar-refractivity contribution in [1.29, 1.82) is 5.41 Å². The summed E-state index contributed by atoms with van der Waals surface area (Å²) in [7, 11) is 0. The van der Waals surface area contributed by atoms with Crippen molar-refractivity contribution in [3.63, 3.8) is 0 Å². The van der Waals surface area contributed by atoms with Crippen LogP contribution < -0.4 is 14.7 Å². The standard InChI is InChI=1S/C23H15Cl3N2O2S/c1-12-22(31-23(27)28(12)20-7-4-15(25)10-19(20)26)11-16-5-8-21(30-16)17-6-3-14(24)9-18(17)13(2)29/h3-11,27,29H,1-2H2/b22-11-,27-23?. The molecule has 0 aliphatic carbocycles. The van der Waals surface area contributed by atoms with Crippen LogP contribution in [0.3, 0.4) is 0 Å². The van der Waals surface area contributed by atoms with Crippen LogP contribution >= 0.6 is 46.1 Å². The van der Waals surface area contributed by atoms with E-state index in [1.807, 2.05) is 0 Å². The molecule has 0 bridgehead atoms. The third-order valence-corrected chi connectivity index (χ3v) is 6.30. The topological polar surface area (TPSA) is 62.1 Å². The molecule has 0 saturated heterocycles. The van der Waals surface area contributed by atoms with Gasteiger partial charge < -0.3 is 9.52 Å². The van der Waals surface area contributed by atoms with Gasteiger partial charge in [-0.2, -0.15) is 0 Å². The number of halogens is 3. The predicted octanol–water partition coefficient (Wildman–Crippen LogP) is 6.01. The highest BCUT2D eigenvalue weighted by Gasteiger charge is 2.13. The van der Waals surface area contributed by atoms with Crippen LogP contribution in [-0.4, -0.2) is 9.67 Å². The number of rotatable bonds is 4. The summed E-state index contributed by atoms with van der Waals surface area (Å²) >= 11 is 19.6. The second kappa shape index (κ2) is 8.44. The monoisotopic (exact) mass is 488 g/mol. The van der Waals surface area contributed by atoms with Crippen LogP contribution in [0.25, 0.3) is 35.4 Å². The van der Waals surface area contributed by atoms with Gasteiger partial charge in [-0.3, -0.25) is 9.98 Å². The Morgan fingerprint density at radius 1 is 1.06 bits per heavy atom. The molecule has 2 aromatic carbocycles. The van der Waals surface area contributed by atoms with Gasteiger partial charge in [0.15, 0.2) is 4.80 Å². The highest BCUT2D eigenvalue weighted by molar-refractivity contribution is 7.06. The molecule has 31 heavy (non-hydrogen) atoms. The van der Waals surface area contributed by atoms with Crippen molar-refractivity contribution in [1.82, 2.24) is 4.57 Å². The van der Waals surface area contributed by atoms with Gasteiger partial charge in [-0.05, 0) is 48.5 Å². The fourth-order valence-electron chi connectivity index (χ4n) is 3.15. The Kier molecular flexibility index (Phi) is 5.86. The first-order valence-corrected chi connectivity index (χ1v) is 10.9. The van der Waals surface area contributed by atoms with Crippen LogP contribution in [0.2, 0.25) is 15.1 Å². The van der Waals surface area contributed by atoms with Crippen molar-refractivity contribution in [3.05, 3.63) is 96.2 Å². The number of aliphatic hydroxyl groups is 1. The summed E-state index contributed by atoms with van der Waals surface area (Å²) in [6.07, 6.45) is 1.80. The lowest BCUT2D eigenvalue weighted by Gasteiger charge is -2.06. The van der Waals surface area contributed by atoms with Gasteiger partial charge in [0.1, 0.15) is 17.3 Å². The zero-order valence-electron chi connectivity index (χ0n) is 16.0. The smallest absolute Gasteiger partial charge is 0.187 e. The summed E-state index contributed by atoms with van der Waals surface area (Å²) < 4.78 is 8.38. The number of benzene rings is 2. The summed E-state index contributed by atoms with van der Waals surface area (Å²) in [5.74, 6) is 1.02. The van der Waals surface area contributed by atoms with E-state index in [9.17, 15) is 5.11 Å². The number of furan rings is 1. The summed E-state index contributed by atoms with van der Waals surface area (Å²) in [5, 5.41) is 20.3. The van der Waals surface area contributed by atoms with Gasteiger partial charge in [0.2, 0.25) is 0 Å². The predicted molar refractivity (Wildman–Crippen MR) is 129 cm³/mol. The molecule has 0 amide bonds. The van der Waals surface area contributed by atoms with Gasteiger partial charge >= 0.3 is 0 Å². The van der Waals surface area contributed by atoms with Gasteiger partial charge in [0.05, 0.1) is 20.6 Å². The van der Waals surface area contributed by atoms with Crippen molar-refractivity contribution in [2.45, 2.75) is 0 Å². The Bertz CT molecular complexity index is 1500. The Morgan fingerprint density at radius 2 is 1.77 bits per heavy atom. The van der Waals surface area contributed by atoms with Gasteiger partial charge in [0.25, 0.3) is 0 Å². The average molecular weight is 490 g/mol. The van der Waals surface area contributed by atoms with Crippen LogP contribution in [0, 0.1) is 5.41 Å². The van der Waals surface area contributed by atoms with E-state index in [0.29, 0.717) is 48.8 Å². The second-order valence-electron chi connectivity index (χ2n) is 6.63. The van der Waals surface area contributed by atoms with Crippen LogP contribution in [0.1, 0.15) is 11.3 Å². The lowest BCUT2D eigenvalue weighted by molar-refractivity contribution is 0.513. The number of aliphatic hydroxyl groups excluding tert-OH is 1. The summed E-state index contributed by atoms with van der Waals surface area (Å²) in [5.41, 5.74) is 1.79. The maximum Gasteiger partial charge on any atom is 0.187 e. The van der Waals surface area contributed by atoms with Gasteiger partial charge in [-0.15, -0.1) is 0 Å². The summed E-state index contributed by atoms with van der Waals surface area (Å²) in [6, 6.07) is 13.8. The molecule has 0 radical (unpaired) electrons. The average Bonchev–Trinajstić information content (AvgIpc) is 3.27. The molecule has 2 aromatic heterocycles. The molecular weight excluding hydrogens is 475 g/mol. The maximum absolute atomic E-state index is 9.90. The first-order chi connectivity index (χ1) is 14.7. The summed E-state index contributed by atoms with van der Waals surface area (Å²) in [6.45, 7) is 7.71. The molecule has 0 saturated carbocycles. The highest BCUT2D eigenvalue weighted by Crippen LogP contribution is 2.31. The van der Waals surface area contributed by atoms with Crippen molar-refractivity contribution < 1.29 is 9.52 Å². The molecule has 4 rings (SSSR count). The Balaban J connectivity index is 1.79. The van der Waals surface area contributed by atoms with Crippen LogP contribution in [-0.2, 0) is 0 Å². The van der Waals surface area contributed by atoms with Crippen molar-refractivity contribution in [3.8, 4) is 17.0 Å². The maximum atomic E-state index is 9.90. The van der Waals surface area contributed by atoms with Gasteiger partial charge in [0, 0.05) is 27.2 Å². The van der Waals surface area contributed by atoms with Crippen molar-refractivity contribution in [2.24, 2.45) is 0 Å². The number of nitrogens with one attached hydrogen (secondary N) is 1. The van der Waals surface area contributed by atoms with Crippen LogP contribution in [0.4, 0.5) is 0 Å². The van der Waals surface area contributed by atoms with E-state index < -0.39 is 0 Å². The highest BCUT2D eigenvalue weighted by atomic mass is 35.5.